The third-order valence-corrected chi connectivity index (χ3v) is 10.5. The average molecular weight is 835 g/mol. The van der Waals surface area contributed by atoms with Gasteiger partial charge in [-0.25, -0.2) is 15.3 Å². The molecule has 0 amide bonds. The van der Waals surface area contributed by atoms with Gasteiger partial charge in [0.1, 0.15) is 0 Å². The Hall–Kier alpha value is -6.57. The van der Waals surface area contributed by atoms with Crippen LogP contribution in [0.5, 0.6) is 0 Å². The summed E-state index contributed by atoms with van der Waals surface area (Å²) in [6.45, 7) is 19.4. The van der Waals surface area contributed by atoms with E-state index in [4.69, 9.17) is 28.1 Å². The van der Waals surface area contributed by atoms with Crippen LogP contribution in [0.2, 0.25) is 0 Å². The van der Waals surface area contributed by atoms with E-state index in [9.17, 15) is 0 Å². The fourth-order valence-corrected chi connectivity index (χ4v) is 8.22. The molecule has 0 bridgehead atoms. The first-order valence-corrected chi connectivity index (χ1v) is 20.0. The Bertz CT molecular complexity index is 2450. The van der Waals surface area contributed by atoms with Gasteiger partial charge in [-0.15, -0.1) is 12.8 Å². The zero-order chi connectivity index (χ0) is 42.2. The molecule has 0 saturated heterocycles. The van der Waals surface area contributed by atoms with Gasteiger partial charge in [0.05, 0.1) is 17.1 Å². The fraction of sp³-hybridized carbons (Fsp3) is 0.173. The molecule has 3 heterocycles. The van der Waals surface area contributed by atoms with Crippen LogP contribution in [-0.2, 0) is 17.1 Å². The Morgan fingerprint density at radius 1 is 0.400 bits per heavy atom. The van der Waals surface area contributed by atoms with Crippen molar-refractivity contribution < 1.29 is 17.1 Å². The summed E-state index contributed by atoms with van der Waals surface area (Å²) in [5, 5.41) is 15.5. The van der Waals surface area contributed by atoms with E-state index in [0.29, 0.717) is 0 Å². The molecule has 0 aliphatic rings. The number of terminal acetylenes is 2. The Morgan fingerprint density at radius 3 is 0.867 bits per heavy atom. The largest absolute Gasteiger partial charge is 1.00 e. The molecule has 0 fully saturated rings. The third-order valence-electron chi connectivity index (χ3n) is 10.5. The summed E-state index contributed by atoms with van der Waals surface area (Å²) >= 11 is 0. The Morgan fingerprint density at radius 2 is 0.650 bits per heavy atom. The van der Waals surface area contributed by atoms with Crippen LogP contribution in [0.25, 0.3) is 33.8 Å². The molecule has 6 nitrogen and oxygen atoms in total. The minimum atomic E-state index is -1.57. The fourth-order valence-electron chi connectivity index (χ4n) is 8.22. The Balaban J connectivity index is 0.000000334. The first-order valence-electron chi connectivity index (χ1n) is 20.0. The first-order chi connectivity index (χ1) is 28.4. The Kier molecular flexibility index (Phi) is 14.8. The van der Waals surface area contributed by atoms with Crippen LogP contribution in [0.3, 0.4) is 0 Å². The molecule has 5 aromatic carbocycles. The third kappa shape index (κ3) is 10.3. The number of rotatable bonds is 6. The van der Waals surface area contributed by atoms with E-state index in [1.165, 1.54) is 66.8 Å². The summed E-state index contributed by atoms with van der Waals surface area (Å²) < 4.78 is 6.14. The number of aromatic nitrogens is 6. The smallest absolute Gasteiger partial charge is 0.402 e. The van der Waals surface area contributed by atoms with Gasteiger partial charge in [-0.05, 0) is 157 Å². The predicted octanol–water partition coefficient (Wildman–Crippen LogP) is 11.0. The minimum absolute atomic E-state index is 0. The summed E-state index contributed by atoms with van der Waals surface area (Å²) in [7, 11) is -1.57. The molecule has 0 spiro atoms. The van der Waals surface area contributed by atoms with Crippen molar-refractivity contribution in [2.75, 3.05) is 0 Å². The van der Waals surface area contributed by atoms with Gasteiger partial charge in [0.15, 0.2) is 0 Å². The van der Waals surface area contributed by atoms with Gasteiger partial charge in [-0.2, -0.15) is 0 Å². The summed E-state index contributed by atoms with van der Waals surface area (Å²) in [6, 6.07) is 38.9. The standard InChI is InChI=1S/C36H40BN6.2C8H6.Cu/c1-22-16-25(4)34(26(5)17-22)31-10-13-41(38-31)37(42-14-11-32(39-42)35-27(6)18-23(2)19-28(35)7)43-15-12-33(40-43)36-29(8)20-24(3)21-30(36)9;2*1-2-8-6-4-3-5-7-8;/h10-21,37H,1-9H3;2*1,3-7H;/q-1;;;+1. The molecule has 8 heteroatoms. The average Bonchev–Trinajstić information content (AvgIpc) is 3.99. The van der Waals surface area contributed by atoms with Crippen molar-refractivity contribution in [3.05, 3.63) is 195 Å². The van der Waals surface area contributed by atoms with Gasteiger partial charge in [0.2, 0.25) is 0 Å². The maximum absolute atomic E-state index is 5.17. The number of nitrogens with zero attached hydrogens (tertiary/aromatic N) is 6. The summed E-state index contributed by atoms with van der Waals surface area (Å²) in [5.41, 5.74) is 19.5. The van der Waals surface area contributed by atoms with Gasteiger partial charge < -0.3 is 13.8 Å². The van der Waals surface area contributed by atoms with E-state index in [1.807, 2.05) is 74.4 Å². The van der Waals surface area contributed by atoms with E-state index >= 15 is 0 Å². The second-order valence-corrected chi connectivity index (χ2v) is 15.5. The first kappa shape index (κ1) is 44.5. The summed E-state index contributed by atoms with van der Waals surface area (Å²) in [4.78, 5) is 0. The van der Waals surface area contributed by atoms with Gasteiger partial charge in [0, 0.05) is 27.8 Å². The molecule has 304 valence electrons. The molecule has 8 rings (SSSR count). The zero-order valence-electron chi connectivity index (χ0n) is 36.0. The van der Waals surface area contributed by atoms with Gasteiger partial charge in [-0.3, -0.25) is 0 Å². The molecule has 8 aromatic rings. The number of aryl methyl sites for hydroxylation is 9. The van der Waals surface area contributed by atoms with Gasteiger partial charge >= 0.3 is 24.2 Å². The monoisotopic (exact) mass is 834 g/mol. The van der Waals surface area contributed by atoms with Crippen molar-refractivity contribution in [3.8, 4) is 58.5 Å². The molecule has 0 aliphatic heterocycles. The number of benzene rings is 5. The van der Waals surface area contributed by atoms with Crippen LogP contribution in [0.15, 0.2) is 134 Å². The quantitative estimate of drug-likeness (QED) is 0.124. The molecular formula is C52H52BCuN6. The van der Waals surface area contributed by atoms with Crippen LogP contribution < -0.4 is 0 Å². The Labute approximate surface area is 367 Å². The van der Waals surface area contributed by atoms with Crippen molar-refractivity contribution >= 4 is 7.12 Å². The predicted molar refractivity (Wildman–Crippen MR) is 248 cm³/mol. The van der Waals surface area contributed by atoms with Crippen molar-refractivity contribution in [1.29, 1.82) is 0 Å². The summed E-state index contributed by atoms with van der Waals surface area (Å²) in [5.74, 6) is 5.05. The molecule has 60 heavy (non-hydrogen) atoms. The zero-order valence-corrected chi connectivity index (χ0v) is 37.0. The van der Waals surface area contributed by atoms with E-state index in [-0.39, 0.29) is 17.1 Å². The maximum Gasteiger partial charge on any atom is 1.00 e. The molecule has 0 N–H and O–H groups in total. The summed E-state index contributed by atoms with van der Waals surface area (Å²) in [6.07, 6.45) is 16.4. The molecule has 0 radical (unpaired) electrons. The van der Waals surface area contributed by atoms with Crippen molar-refractivity contribution in [2.24, 2.45) is 0 Å². The van der Waals surface area contributed by atoms with E-state index in [1.54, 1.807) is 0 Å². The second kappa shape index (κ2) is 19.9. The molecule has 0 atom stereocenters. The van der Waals surface area contributed by atoms with Crippen LogP contribution in [-0.4, -0.2) is 36.2 Å². The van der Waals surface area contributed by atoms with Crippen molar-refractivity contribution in [2.45, 2.75) is 62.3 Å². The molecular weight excluding hydrogens is 783 g/mol. The maximum atomic E-state index is 5.17. The molecule has 0 unspecified atom stereocenters. The SMILES string of the molecule is C#Cc1ccccc1.C#Cc1ccccc1.Cc1cc(C)c(-c2ccn([BH-](n3ccc(-c4c(C)cc(C)cc4C)n3)n3ccc(-c4c(C)cc(C)cc4C)n3)n2)c(C)c1.[Cu+]. The van der Waals surface area contributed by atoms with Crippen LogP contribution in [0.1, 0.15) is 61.2 Å². The van der Waals surface area contributed by atoms with E-state index < -0.39 is 7.12 Å². The van der Waals surface area contributed by atoms with E-state index in [2.05, 4.69) is 147 Å². The van der Waals surface area contributed by atoms with E-state index in [0.717, 1.165) is 28.2 Å². The van der Waals surface area contributed by atoms with Crippen molar-refractivity contribution in [1.82, 2.24) is 29.1 Å². The van der Waals surface area contributed by atoms with Crippen LogP contribution >= 0.6 is 0 Å². The van der Waals surface area contributed by atoms with Gasteiger partial charge in [0.25, 0.3) is 0 Å². The molecule has 3 aromatic heterocycles. The minimum Gasteiger partial charge on any atom is -0.402 e. The van der Waals surface area contributed by atoms with Crippen LogP contribution in [0.4, 0.5) is 0 Å². The second-order valence-electron chi connectivity index (χ2n) is 15.5. The number of hydrogen-bond acceptors (Lipinski definition) is 3. The topological polar surface area (TPSA) is 53.5 Å². The van der Waals surface area contributed by atoms with Gasteiger partial charge in [-0.1, -0.05) is 101 Å². The normalized spacial score (nSPS) is 10.4. The van der Waals surface area contributed by atoms with Crippen molar-refractivity contribution in [3.63, 3.8) is 0 Å². The molecule has 0 saturated carbocycles. The number of hydrogen-bond donors (Lipinski definition) is 0. The molecule has 0 aliphatic carbocycles. The van der Waals surface area contributed by atoms with Crippen LogP contribution in [0, 0.1) is 87.0 Å².